The molecule has 2 atom stereocenters. The van der Waals surface area contributed by atoms with Crippen LogP contribution in [-0.2, 0) is 0 Å². The van der Waals surface area contributed by atoms with E-state index in [2.05, 4.69) is 4.98 Å². The molecule has 4 heteroatoms. The molecule has 0 spiro atoms. The number of nitrogens with two attached hydrogens (primary N) is 1. The zero-order valence-electron chi connectivity index (χ0n) is 9.23. The molecule has 1 aromatic heterocycles. The molecular weight excluding hydrogens is 207 g/mol. The number of halogens is 1. The number of ether oxygens (including phenoxy) is 1. The lowest BCUT2D eigenvalue weighted by molar-refractivity contribution is 0.210. The summed E-state index contributed by atoms with van der Waals surface area (Å²) in [5.41, 5.74) is 5.69. The third-order valence-electron chi connectivity index (χ3n) is 3.26. The molecule has 2 unspecified atom stereocenters. The second-order valence-corrected chi connectivity index (χ2v) is 4.31. The number of pyridine rings is 1. The lowest BCUT2D eigenvalue weighted by atomic mass is 9.97. The summed E-state index contributed by atoms with van der Waals surface area (Å²) in [7, 11) is 0. The Bertz CT molecular complexity index is 328. The average Bonchev–Trinajstić information content (AvgIpc) is 2.76. The Hall–Kier alpha value is -1.16. The maximum Gasteiger partial charge on any atom is 0.213 e. The van der Waals surface area contributed by atoms with Crippen molar-refractivity contribution in [3.63, 3.8) is 0 Å². The van der Waals surface area contributed by atoms with Crippen LogP contribution in [-0.4, -0.2) is 18.1 Å². The van der Waals surface area contributed by atoms with Crippen LogP contribution in [0.15, 0.2) is 18.3 Å². The second-order valence-electron chi connectivity index (χ2n) is 4.31. The summed E-state index contributed by atoms with van der Waals surface area (Å²) in [6, 6.07) is 2.92. The van der Waals surface area contributed by atoms with Gasteiger partial charge in [-0.1, -0.05) is 6.42 Å². The first-order chi connectivity index (χ1) is 7.79. The van der Waals surface area contributed by atoms with E-state index in [0.29, 0.717) is 24.3 Å². The van der Waals surface area contributed by atoms with Crippen molar-refractivity contribution in [2.45, 2.75) is 19.3 Å². The van der Waals surface area contributed by atoms with Crippen molar-refractivity contribution in [3.8, 4) is 5.88 Å². The van der Waals surface area contributed by atoms with Crippen LogP contribution in [0.4, 0.5) is 4.39 Å². The van der Waals surface area contributed by atoms with E-state index >= 15 is 0 Å². The Balaban J connectivity index is 1.85. The highest BCUT2D eigenvalue weighted by atomic mass is 19.1. The van der Waals surface area contributed by atoms with Crippen molar-refractivity contribution in [2.75, 3.05) is 13.2 Å². The molecule has 88 valence electrons. The van der Waals surface area contributed by atoms with Crippen molar-refractivity contribution in [1.29, 1.82) is 0 Å². The lowest BCUT2D eigenvalue weighted by Gasteiger charge is -2.17. The van der Waals surface area contributed by atoms with Gasteiger partial charge >= 0.3 is 0 Å². The highest BCUT2D eigenvalue weighted by molar-refractivity contribution is 5.10. The quantitative estimate of drug-likeness (QED) is 0.850. The molecule has 2 N–H and O–H groups in total. The maximum absolute atomic E-state index is 12.6. The van der Waals surface area contributed by atoms with Gasteiger partial charge in [-0.3, -0.25) is 0 Å². The standard InChI is InChI=1S/C12H17FN2O/c13-11-4-5-12(15-7-11)16-8-10-3-1-2-9(10)6-14/h4-5,7,9-10H,1-3,6,8,14H2. The van der Waals surface area contributed by atoms with E-state index in [1.54, 1.807) is 6.07 Å². The number of aromatic nitrogens is 1. The van der Waals surface area contributed by atoms with Gasteiger partial charge < -0.3 is 10.5 Å². The number of rotatable bonds is 4. The topological polar surface area (TPSA) is 48.1 Å². The Morgan fingerprint density at radius 1 is 1.38 bits per heavy atom. The molecule has 1 aliphatic carbocycles. The van der Waals surface area contributed by atoms with E-state index in [4.69, 9.17) is 10.5 Å². The van der Waals surface area contributed by atoms with Crippen LogP contribution in [0.2, 0.25) is 0 Å². The van der Waals surface area contributed by atoms with Gasteiger partial charge in [0.2, 0.25) is 5.88 Å². The minimum absolute atomic E-state index is 0.340. The molecule has 0 bridgehead atoms. The van der Waals surface area contributed by atoms with Crippen LogP contribution in [0.5, 0.6) is 5.88 Å². The molecule has 0 aromatic carbocycles. The predicted octanol–water partition coefficient (Wildman–Crippen LogP) is 1.97. The largest absolute Gasteiger partial charge is 0.477 e. The first-order valence-corrected chi connectivity index (χ1v) is 5.74. The number of hydrogen-bond acceptors (Lipinski definition) is 3. The van der Waals surface area contributed by atoms with Crippen LogP contribution < -0.4 is 10.5 Å². The summed E-state index contributed by atoms with van der Waals surface area (Å²) in [6.45, 7) is 1.37. The van der Waals surface area contributed by atoms with Crippen molar-refractivity contribution < 1.29 is 9.13 Å². The van der Waals surface area contributed by atoms with Gasteiger partial charge in [0, 0.05) is 6.07 Å². The van der Waals surface area contributed by atoms with Crippen LogP contribution in [0.3, 0.4) is 0 Å². The Labute approximate surface area is 94.8 Å². The predicted molar refractivity (Wildman–Crippen MR) is 59.6 cm³/mol. The fourth-order valence-corrected chi connectivity index (χ4v) is 2.28. The number of hydrogen-bond donors (Lipinski definition) is 1. The summed E-state index contributed by atoms with van der Waals surface area (Å²) in [6.07, 6.45) is 4.77. The normalized spacial score (nSPS) is 24.6. The minimum atomic E-state index is -0.340. The minimum Gasteiger partial charge on any atom is -0.477 e. The third-order valence-corrected chi connectivity index (χ3v) is 3.26. The smallest absolute Gasteiger partial charge is 0.213 e. The van der Waals surface area contributed by atoms with Gasteiger partial charge in [0.05, 0.1) is 12.8 Å². The zero-order valence-corrected chi connectivity index (χ0v) is 9.23. The van der Waals surface area contributed by atoms with Crippen LogP contribution in [0.25, 0.3) is 0 Å². The fourth-order valence-electron chi connectivity index (χ4n) is 2.28. The zero-order chi connectivity index (χ0) is 11.4. The lowest BCUT2D eigenvalue weighted by Crippen LogP contribution is -2.23. The van der Waals surface area contributed by atoms with Gasteiger partial charge in [-0.2, -0.15) is 0 Å². The molecule has 3 nitrogen and oxygen atoms in total. The molecule has 0 saturated heterocycles. The second kappa shape index (κ2) is 5.25. The summed E-state index contributed by atoms with van der Waals surface area (Å²) in [5, 5.41) is 0. The maximum atomic E-state index is 12.6. The molecule has 1 heterocycles. The van der Waals surface area contributed by atoms with Crippen molar-refractivity contribution in [1.82, 2.24) is 4.98 Å². The van der Waals surface area contributed by atoms with E-state index < -0.39 is 0 Å². The summed E-state index contributed by atoms with van der Waals surface area (Å²) >= 11 is 0. The van der Waals surface area contributed by atoms with Crippen LogP contribution in [0.1, 0.15) is 19.3 Å². The first-order valence-electron chi connectivity index (χ1n) is 5.74. The molecule has 1 fully saturated rings. The average molecular weight is 224 g/mol. The highest BCUT2D eigenvalue weighted by Gasteiger charge is 2.26. The Kier molecular flexibility index (Phi) is 3.72. The molecule has 0 amide bonds. The summed E-state index contributed by atoms with van der Waals surface area (Å²) in [4.78, 5) is 3.86. The van der Waals surface area contributed by atoms with E-state index in [0.717, 1.165) is 6.54 Å². The van der Waals surface area contributed by atoms with Gasteiger partial charge in [-0.25, -0.2) is 9.37 Å². The monoisotopic (exact) mass is 224 g/mol. The summed E-state index contributed by atoms with van der Waals surface area (Å²) in [5.74, 6) is 1.24. The molecular formula is C12H17FN2O. The molecule has 1 aromatic rings. The Morgan fingerprint density at radius 3 is 2.88 bits per heavy atom. The molecule has 1 saturated carbocycles. The van der Waals surface area contributed by atoms with Gasteiger partial charge in [-0.05, 0) is 37.3 Å². The number of nitrogens with zero attached hydrogens (tertiary/aromatic N) is 1. The fraction of sp³-hybridized carbons (Fsp3) is 0.583. The molecule has 1 aliphatic rings. The Morgan fingerprint density at radius 2 is 2.19 bits per heavy atom. The van der Waals surface area contributed by atoms with Crippen molar-refractivity contribution >= 4 is 0 Å². The molecule has 16 heavy (non-hydrogen) atoms. The third kappa shape index (κ3) is 2.70. The molecule has 0 radical (unpaired) electrons. The highest BCUT2D eigenvalue weighted by Crippen LogP contribution is 2.31. The summed E-state index contributed by atoms with van der Waals surface area (Å²) < 4.78 is 18.2. The van der Waals surface area contributed by atoms with Crippen molar-refractivity contribution in [3.05, 3.63) is 24.1 Å². The van der Waals surface area contributed by atoms with Crippen LogP contribution in [0, 0.1) is 17.7 Å². The van der Waals surface area contributed by atoms with Crippen molar-refractivity contribution in [2.24, 2.45) is 17.6 Å². The van der Waals surface area contributed by atoms with E-state index in [-0.39, 0.29) is 5.82 Å². The van der Waals surface area contributed by atoms with Gasteiger partial charge in [0.15, 0.2) is 0 Å². The van der Waals surface area contributed by atoms with E-state index in [1.807, 2.05) is 0 Å². The van der Waals surface area contributed by atoms with Gasteiger partial charge in [0.1, 0.15) is 5.82 Å². The molecule has 0 aliphatic heterocycles. The molecule has 2 rings (SSSR count). The van der Waals surface area contributed by atoms with Gasteiger partial charge in [0.25, 0.3) is 0 Å². The van der Waals surface area contributed by atoms with E-state index in [1.165, 1.54) is 31.5 Å². The first kappa shape index (κ1) is 11.3. The van der Waals surface area contributed by atoms with E-state index in [9.17, 15) is 4.39 Å². The van der Waals surface area contributed by atoms with Crippen LogP contribution >= 0.6 is 0 Å². The SMILES string of the molecule is NCC1CCCC1COc1ccc(F)cn1. The van der Waals surface area contributed by atoms with Gasteiger partial charge in [-0.15, -0.1) is 0 Å².